The molecule has 5 nitrogen and oxygen atoms in total. The fourth-order valence-corrected chi connectivity index (χ4v) is 2.67. The number of urea groups is 1. The number of nitrogens with one attached hydrogen (secondary N) is 1. The molecular formula is C13H16ClN3O2. The average Bonchev–Trinajstić information content (AvgIpc) is 2.82. The summed E-state index contributed by atoms with van der Waals surface area (Å²) in [6.45, 7) is 3.80. The Morgan fingerprint density at radius 1 is 1.32 bits per heavy atom. The van der Waals surface area contributed by atoms with E-state index in [2.05, 4.69) is 10.2 Å². The molecule has 2 aliphatic rings. The number of morpholine rings is 1. The molecular weight excluding hydrogens is 266 g/mol. The monoisotopic (exact) mass is 281 g/mol. The van der Waals surface area contributed by atoms with Gasteiger partial charge in [-0.05, 0) is 18.2 Å². The normalized spacial score (nSPS) is 24.6. The van der Waals surface area contributed by atoms with Gasteiger partial charge in [0.2, 0.25) is 0 Å². The van der Waals surface area contributed by atoms with E-state index in [0.29, 0.717) is 11.6 Å². The van der Waals surface area contributed by atoms with Gasteiger partial charge >= 0.3 is 6.03 Å². The van der Waals surface area contributed by atoms with E-state index in [1.165, 1.54) is 0 Å². The molecule has 2 fully saturated rings. The topological polar surface area (TPSA) is 44.8 Å². The smallest absolute Gasteiger partial charge is 0.323 e. The number of carbonyl (C=O) groups excluding carboxylic acids is 1. The van der Waals surface area contributed by atoms with Gasteiger partial charge in [0.25, 0.3) is 0 Å². The Morgan fingerprint density at radius 2 is 2.11 bits per heavy atom. The summed E-state index contributed by atoms with van der Waals surface area (Å²) in [4.78, 5) is 16.0. The van der Waals surface area contributed by atoms with Gasteiger partial charge < -0.3 is 10.1 Å². The lowest BCUT2D eigenvalue weighted by Gasteiger charge is -2.31. The van der Waals surface area contributed by atoms with Crippen LogP contribution in [0, 0.1) is 0 Å². The van der Waals surface area contributed by atoms with E-state index in [4.69, 9.17) is 16.3 Å². The van der Waals surface area contributed by atoms with Crippen LogP contribution < -0.4 is 10.2 Å². The second-order valence-electron chi connectivity index (χ2n) is 4.70. The molecule has 0 radical (unpaired) electrons. The van der Waals surface area contributed by atoms with Crippen molar-refractivity contribution >= 4 is 23.3 Å². The summed E-state index contributed by atoms with van der Waals surface area (Å²) >= 11 is 5.97. The molecule has 1 atom stereocenters. The molecule has 2 amide bonds. The molecule has 0 spiro atoms. The van der Waals surface area contributed by atoms with Crippen LogP contribution in [0.3, 0.4) is 0 Å². The first-order valence-corrected chi connectivity index (χ1v) is 6.77. The Bertz CT molecular complexity index is 477. The van der Waals surface area contributed by atoms with Crippen molar-refractivity contribution in [2.75, 3.05) is 37.7 Å². The largest absolute Gasteiger partial charge is 0.379 e. The highest BCUT2D eigenvalue weighted by Crippen LogP contribution is 2.23. The number of nitrogens with zero attached hydrogens (tertiary/aromatic N) is 2. The Kier molecular flexibility index (Phi) is 3.59. The Balaban J connectivity index is 1.72. The minimum atomic E-state index is -0.0706. The molecule has 0 aromatic heterocycles. The third-order valence-corrected chi connectivity index (χ3v) is 3.73. The second-order valence-corrected chi connectivity index (χ2v) is 5.14. The Labute approximate surface area is 117 Å². The quantitative estimate of drug-likeness (QED) is 0.894. The molecule has 1 N–H and O–H groups in total. The van der Waals surface area contributed by atoms with E-state index in [-0.39, 0.29) is 12.2 Å². The molecule has 0 aliphatic carbocycles. The van der Waals surface area contributed by atoms with Crippen LogP contribution in [0.25, 0.3) is 0 Å². The first-order chi connectivity index (χ1) is 9.24. The number of ether oxygens (including phenoxy) is 1. The number of carbonyl (C=O) groups is 1. The molecule has 6 heteroatoms. The van der Waals surface area contributed by atoms with Gasteiger partial charge in [0, 0.05) is 23.8 Å². The molecule has 19 heavy (non-hydrogen) atoms. The summed E-state index contributed by atoms with van der Waals surface area (Å²) < 4.78 is 5.33. The van der Waals surface area contributed by atoms with Gasteiger partial charge in [0.1, 0.15) is 6.17 Å². The van der Waals surface area contributed by atoms with Crippen molar-refractivity contribution in [2.24, 2.45) is 0 Å². The van der Waals surface area contributed by atoms with Gasteiger partial charge in [-0.25, -0.2) is 4.79 Å². The molecule has 1 aromatic carbocycles. The fourth-order valence-electron chi connectivity index (χ4n) is 2.48. The number of benzene rings is 1. The maximum absolute atomic E-state index is 12.1. The number of rotatable bonds is 2. The van der Waals surface area contributed by atoms with E-state index in [1.807, 2.05) is 18.2 Å². The molecule has 1 unspecified atom stereocenters. The van der Waals surface area contributed by atoms with Crippen molar-refractivity contribution in [2.45, 2.75) is 6.17 Å². The van der Waals surface area contributed by atoms with Crippen LogP contribution in [0.4, 0.5) is 10.5 Å². The third-order valence-electron chi connectivity index (χ3n) is 3.50. The highest BCUT2D eigenvalue weighted by Gasteiger charge is 2.34. The van der Waals surface area contributed by atoms with Crippen LogP contribution in [0.1, 0.15) is 0 Å². The average molecular weight is 282 g/mol. The van der Waals surface area contributed by atoms with E-state index >= 15 is 0 Å². The predicted octanol–water partition coefficient (Wildman–Crippen LogP) is 1.53. The Hall–Kier alpha value is -1.30. The summed E-state index contributed by atoms with van der Waals surface area (Å²) in [7, 11) is 0. The van der Waals surface area contributed by atoms with Crippen LogP contribution in [0.5, 0.6) is 0 Å². The molecule has 1 aromatic rings. The van der Waals surface area contributed by atoms with Gasteiger partial charge in [-0.1, -0.05) is 17.7 Å². The van der Waals surface area contributed by atoms with Crippen molar-refractivity contribution in [3.05, 3.63) is 29.3 Å². The minimum Gasteiger partial charge on any atom is -0.379 e. The molecule has 2 saturated heterocycles. The summed E-state index contributed by atoms with van der Waals surface area (Å²) in [5.41, 5.74) is 0.834. The van der Waals surface area contributed by atoms with Crippen LogP contribution in [0.2, 0.25) is 5.02 Å². The Morgan fingerprint density at radius 3 is 2.84 bits per heavy atom. The molecule has 3 rings (SSSR count). The minimum absolute atomic E-state index is 0.0513. The molecule has 0 bridgehead atoms. The van der Waals surface area contributed by atoms with Crippen molar-refractivity contribution in [3.63, 3.8) is 0 Å². The van der Waals surface area contributed by atoms with Gasteiger partial charge in [0.05, 0.1) is 19.8 Å². The number of amides is 2. The fraction of sp³-hybridized carbons (Fsp3) is 0.462. The zero-order valence-electron chi connectivity index (χ0n) is 10.5. The lowest BCUT2D eigenvalue weighted by atomic mass is 10.3. The maximum atomic E-state index is 12.1. The second kappa shape index (κ2) is 5.36. The SMILES string of the molecule is O=C1NC(N2CCOCC2)CN1c1cccc(Cl)c1. The molecule has 0 saturated carbocycles. The summed E-state index contributed by atoms with van der Waals surface area (Å²) in [5, 5.41) is 3.64. The summed E-state index contributed by atoms with van der Waals surface area (Å²) in [6.07, 6.45) is 0.0513. The standard InChI is InChI=1S/C13H16ClN3O2/c14-10-2-1-3-11(8-10)17-9-12(15-13(17)18)16-4-6-19-7-5-16/h1-3,8,12H,4-7,9H2,(H,15,18). The highest BCUT2D eigenvalue weighted by molar-refractivity contribution is 6.30. The predicted molar refractivity (Wildman–Crippen MR) is 73.5 cm³/mol. The van der Waals surface area contributed by atoms with Crippen LogP contribution in [-0.2, 0) is 4.74 Å². The van der Waals surface area contributed by atoms with Gasteiger partial charge in [-0.2, -0.15) is 0 Å². The van der Waals surface area contributed by atoms with Crippen molar-refractivity contribution < 1.29 is 9.53 Å². The zero-order chi connectivity index (χ0) is 13.2. The van der Waals surface area contributed by atoms with Crippen LogP contribution in [-0.4, -0.2) is 49.9 Å². The number of hydrogen-bond acceptors (Lipinski definition) is 3. The number of anilines is 1. The first-order valence-electron chi connectivity index (χ1n) is 6.39. The van der Waals surface area contributed by atoms with Crippen molar-refractivity contribution in [1.29, 1.82) is 0 Å². The maximum Gasteiger partial charge on any atom is 0.323 e. The third kappa shape index (κ3) is 2.68. The molecule has 2 aliphatic heterocycles. The van der Waals surface area contributed by atoms with Crippen molar-refractivity contribution in [1.82, 2.24) is 10.2 Å². The van der Waals surface area contributed by atoms with E-state index in [0.717, 1.165) is 32.0 Å². The summed E-state index contributed by atoms with van der Waals surface area (Å²) in [5.74, 6) is 0. The number of halogens is 1. The van der Waals surface area contributed by atoms with Crippen molar-refractivity contribution in [3.8, 4) is 0 Å². The van der Waals surface area contributed by atoms with Gasteiger partial charge in [-0.3, -0.25) is 9.80 Å². The van der Waals surface area contributed by atoms with Crippen LogP contribution >= 0.6 is 11.6 Å². The van der Waals surface area contributed by atoms with Gasteiger partial charge in [0.15, 0.2) is 0 Å². The molecule has 102 valence electrons. The van der Waals surface area contributed by atoms with E-state index in [1.54, 1.807) is 11.0 Å². The lowest BCUT2D eigenvalue weighted by Crippen LogP contribution is -2.49. The lowest BCUT2D eigenvalue weighted by molar-refractivity contribution is 0.0172. The highest BCUT2D eigenvalue weighted by atomic mass is 35.5. The zero-order valence-corrected chi connectivity index (χ0v) is 11.3. The van der Waals surface area contributed by atoms with E-state index < -0.39 is 0 Å². The first kappa shape index (κ1) is 12.7. The van der Waals surface area contributed by atoms with Gasteiger partial charge in [-0.15, -0.1) is 0 Å². The van der Waals surface area contributed by atoms with E-state index in [9.17, 15) is 4.79 Å². The number of hydrogen-bond donors (Lipinski definition) is 1. The molecule has 2 heterocycles. The summed E-state index contributed by atoms with van der Waals surface area (Å²) in [6, 6.07) is 7.29. The van der Waals surface area contributed by atoms with Crippen LogP contribution in [0.15, 0.2) is 24.3 Å².